The summed E-state index contributed by atoms with van der Waals surface area (Å²) in [4.78, 5) is 7.33. The zero-order chi connectivity index (χ0) is 22.1. The van der Waals surface area contributed by atoms with Gasteiger partial charge in [-0.15, -0.1) is 24.0 Å². The zero-order valence-corrected chi connectivity index (χ0v) is 22.4. The zero-order valence-electron chi connectivity index (χ0n) is 20.1. The van der Waals surface area contributed by atoms with Crippen molar-refractivity contribution in [3.8, 4) is 11.5 Å². The molecule has 0 aromatic heterocycles. The average molecular weight is 561 g/mol. The van der Waals surface area contributed by atoms with Gasteiger partial charge in [0.25, 0.3) is 0 Å². The first kappa shape index (κ1) is 27.0. The van der Waals surface area contributed by atoms with Crippen molar-refractivity contribution in [2.24, 2.45) is 10.9 Å². The molecule has 0 aliphatic carbocycles. The van der Waals surface area contributed by atoms with Gasteiger partial charge in [0.15, 0.2) is 5.96 Å². The van der Waals surface area contributed by atoms with Crippen molar-refractivity contribution < 1.29 is 14.2 Å². The van der Waals surface area contributed by atoms with Gasteiger partial charge in [-0.3, -0.25) is 0 Å². The van der Waals surface area contributed by atoms with Crippen LogP contribution >= 0.6 is 24.0 Å². The molecule has 182 valence electrons. The summed E-state index contributed by atoms with van der Waals surface area (Å²) in [6.45, 7) is 13.4. The largest absolute Gasteiger partial charge is 0.494 e. The molecule has 1 unspecified atom stereocenters. The summed E-state index contributed by atoms with van der Waals surface area (Å²) in [6.07, 6.45) is 3.59. The second-order valence-electron chi connectivity index (χ2n) is 8.49. The molecule has 1 aromatic carbocycles. The molecule has 1 fully saturated rings. The number of nitrogens with one attached hydrogen (secondary N) is 2. The molecule has 8 heteroatoms. The molecule has 1 atom stereocenters. The van der Waals surface area contributed by atoms with Crippen molar-refractivity contribution in [2.45, 2.75) is 52.7 Å². The number of guanidine groups is 1. The predicted molar refractivity (Wildman–Crippen MR) is 141 cm³/mol. The van der Waals surface area contributed by atoms with Gasteiger partial charge in [0.2, 0.25) is 0 Å². The number of fused-ring (bicyclic) bond motifs is 1. The molecule has 0 saturated carbocycles. The average Bonchev–Trinajstić information content (AvgIpc) is 3.13. The lowest BCUT2D eigenvalue weighted by molar-refractivity contribution is 0.121. The molecular formula is C24H41IN4O3. The van der Waals surface area contributed by atoms with E-state index in [-0.39, 0.29) is 30.1 Å². The van der Waals surface area contributed by atoms with Crippen LogP contribution in [-0.2, 0) is 17.7 Å². The molecule has 0 bridgehead atoms. The Bertz CT molecular complexity index is 723. The summed E-state index contributed by atoms with van der Waals surface area (Å²) in [5.74, 6) is 3.43. The standard InChI is InChI=1S/C24H40N4O3.HI/c1-5-25-24(26-16-19-7-9-28(10-8-19)11-12-29-4)27-17-21-15-23-20(13-18(3)31-23)14-22(21)30-6-2;/h14-15,18-19H,5-13,16-17H2,1-4H3,(H2,25,26,27);1H. The van der Waals surface area contributed by atoms with Gasteiger partial charge in [-0.2, -0.15) is 0 Å². The van der Waals surface area contributed by atoms with E-state index in [1.54, 1.807) is 7.11 Å². The maximum atomic E-state index is 5.95. The van der Waals surface area contributed by atoms with Crippen LogP contribution in [0.3, 0.4) is 0 Å². The van der Waals surface area contributed by atoms with Crippen molar-refractivity contribution in [3.05, 3.63) is 23.3 Å². The van der Waals surface area contributed by atoms with Crippen LogP contribution < -0.4 is 20.1 Å². The van der Waals surface area contributed by atoms with E-state index < -0.39 is 0 Å². The van der Waals surface area contributed by atoms with E-state index in [4.69, 9.17) is 19.2 Å². The quantitative estimate of drug-likeness (QED) is 0.260. The van der Waals surface area contributed by atoms with E-state index in [2.05, 4.69) is 41.5 Å². The predicted octanol–water partition coefficient (Wildman–Crippen LogP) is 3.44. The summed E-state index contributed by atoms with van der Waals surface area (Å²) in [5, 5.41) is 6.93. The minimum Gasteiger partial charge on any atom is -0.494 e. The third-order valence-corrected chi connectivity index (χ3v) is 6.01. The van der Waals surface area contributed by atoms with Crippen molar-refractivity contribution >= 4 is 29.9 Å². The fraction of sp³-hybridized carbons (Fsp3) is 0.708. The Labute approximate surface area is 210 Å². The van der Waals surface area contributed by atoms with E-state index >= 15 is 0 Å². The Hall–Kier alpha value is -1.26. The smallest absolute Gasteiger partial charge is 0.191 e. The molecule has 7 nitrogen and oxygen atoms in total. The molecule has 3 rings (SSSR count). The second-order valence-corrected chi connectivity index (χ2v) is 8.49. The second kappa shape index (κ2) is 14.1. The van der Waals surface area contributed by atoms with Crippen LogP contribution in [-0.4, -0.2) is 70.0 Å². The molecule has 2 aliphatic rings. The maximum absolute atomic E-state index is 5.95. The monoisotopic (exact) mass is 560 g/mol. The van der Waals surface area contributed by atoms with Crippen LogP contribution in [0, 0.1) is 5.92 Å². The van der Waals surface area contributed by atoms with Crippen molar-refractivity contribution in [3.63, 3.8) is 0 Å². The third-order valence-electron chi connectivity index (χ3n) is 6.01. The van der Waals surface area contributed by atoms with Crippen LogP contribution in [0.4, 0.5) is 0 Å². The molecule has 0 spiro atoms. The molecular weight excluding hydrogens is 519 g/mol. The van der Waals surface area contributed by atoms with Gasteiger partial charge in [0.1, 0.15) is 17.6 Å². The van der Waals surface area contributed by atoms with Gasteiger partial charge in [0, 0.05) is 44.3 Å². The van der Waals surface area contributed by atoms with Crippen LogP contribution in [0.1, 0.15) is 44.7 Å². The van der Waals surface area contributed by atoms with Gasteiger partial charge >= 0.3 is 0 Å². The van der Waals surface area contributed by atoms with Crippen LogP contribution in [0.5, 0.6) is 11.5 Å². The van der Waals surface area contributed by atoms with Crippen LogP contribution in [0.25, 0.3) is 0 Å². The summed E-state index contributed by atoms with van der Waals surface area (Å²) in [5.41, 5.74) is 2.30. The van der Waals surface area contributed by atoms with Gasteiger partial charge in [-0.05, 0) is 64.8 Å². The fourth-order valence-electron chi connectivity index (χ4n) is 4.28. The van der Waals surface area contributed by atoms with Crippen LogP contribution in [0.2, 0.25) is 0 Å². The van der Waals surface area contributed by atoms with E-state index in [0.29, 0.717) is 19.1 Å². The lowest BCUT2D eigenvalue weighted by Crippen LogP contribution is -2.43. The third kappa shape index (κ3) is 7.95. The minimum atomic E-state index is 0. The van der Waals surface area contributed by atoms with E-state index in [0.717, 1.165) is 68.8 Å². The molecule has 0 amide bonds. The maximum Gasteiger partial charge on any atom is 0.191 e. The number of aliphatic imine (C=N–C) groups is 1. The molecule has 2 aliphatic heterocycles. The summed E-state index contributed by atoms with van der Waals surface area (Å²) >= 11 is 0. The molecule has 1 saturated heterocycles. The SMILES string of the molecule is CCNC(=NCc1cc2c(cc1OCC)CC(C)O2)NCC1CCN(CCOC)CC1.I. The summed E-state index contributed by atoms with van der Waals surface area (Å²) < 4.78 is 17.1. The van der Waals surface area contributed by atoms with E-state index in [9.17, 15) is 0 Å². The van der Waals surface area contributed by atoms with E-state index in [1.165, 1.54) is 18.4 Å². The Morgan fingerprint density at radius 1 is 1.22 bits per heavy atom. The minimum absolute atomic E-state index is 0. The lowest BCUT2D eigenvalue weighted by Gasteiger charge is -2.32. The number of hydrogen-bond acceptors (Lipinski definition) is 5. The van der Waals surface area contributed by atoms with Crippen molar-refractivity contribution in [1.29, 1.82) is 0 Å². The van der Waals surface area contributed by atoms with E-state index in [1.807, 2.05) is 6.92 Å². The van der Waals surface area contributed by atoms with Gasteiger partial charge < -0.3 is 29.7 Å². The molecule has 1 aromatic rings. The number of nitrogens with zero attached hydrogens (tertiary/aromatic N) is 2. The highest BCUT2D eigenvalue weighted by atomic mass is 127. The Morgan fingerprint density at radius 3 is 2.69 bits per heavy atom. The first-order valence-electron chi connectivity index (χ1n) is 11.8. The van der Waals surface area contributed by atoms with Gasteiger partial charge in [0.05, 0.1) is 19.8 Å². The summed E-state index contributed by atoms with van der Waals surface area (Å²) in [7, 11) is 1.77. The number of rotatable bonds is 10. The number of methoxy groups -OCH3 is 1. The highest BCUT2D eigenvalue weighted by molar-refractivity contribution is 14.0. The Balaban J connectivity index is 0.00000363. The first-order valence-corrected chi connectivity index (χ1v) is 11.8. The lowest BCUT2D eigenvalue weighted by atomic mass is 9.97. The molecule has 0 radical (unpaired) electrons. The summed E-state index contributed by atoms with van der Waals surface area (Å²) in [6, 6.07) is 4.23. The number of ether oxygens (including phenoxy) is 3. The number of benzene rings is 1. The van der Waals surface area contributed by atoms with Crippen molar-refractivity contribution in [2.75, 3.05) is 53.0 Å². The number of likely N-dealkylation sites (tertiary alicyclic amines) is 1. The number of piperidine rings is 1. The highest BCUT2D eigenvalue weighted by Crippen LogP contribution is 2.35. The van der Waals surface area contributed by atoms with Gasteiger partial charge in [-0.1, -0.05) is 0 Å². The van der Waals surface area contributed by atoms with Crippen molar-refractivity contribution in [1.82, 2.24) is 15.5 Å². The van der Waals surface area contributed by atoms with Gasteiger partial charge in [-0.25, -0.2) is 4.99 Å². The Kier molecular flexibility index (Phi) is 11.9. The normalized spacial score (nSPS) is 19.1. The topological polar surface area (TPSA) is 67.4 Å². The molecule has 2 N–H and O–H groups in total. The number of halogens is 1. The fourth-order valence-corrected chi connectivity index (χ4v) is 4.28. The Morgan fingerprint density at radius 2 is 2.00 bits per heavy atom. The first-order chi connectivity index (χ1) is 15.1. The molecule has 2 heterocycles. The van der Waals surface area contributed by atoms with Crippen LogP contribution in [0.15, 0.2) is 17.1 Å². The molecule has 32 heavy (non-hydrogen) atoms. The number of hydrogen-bond donors (Lipinski definition) is 2. The highest BCUT2D eigenvalue weighted by Gasteiger charge is 2.22.